The van der Waals surface area contributed by atoms with Gasteiger partial charge in [-0.2, -0.15) is 0 Å². The van der Waals surface area contributed by atoms with Crippen molar-refractivity contribution in [2.45, 2.75) is 10.6 Å². The first-order chi connectivity index (χ1) is 10.1. The van der Waals surface area contributed by atoms with E-state index in [2.05, 4.69) is 0 Å². The highest BCUT2D eigenvalue weighted by atomic mass is 32.2. The topological polar surface area (TPSA) is 43.1 Å². The SMILES string of the molecule is Nc1cccc(CS(=O)c2ccc3ccccc3c2)c1F. The number of fused-ring (bicyclic) bond motifs is 1. The molecule has 0 spiro atoms. The molecule has 0 saturated heterocycles. The summed E-state index contributed by atoms with van der Waals surface area (Å²) in [6.07, 6.45) is 0. The van der Waals surface area contributed by atoms with Crippen molar-refractivity contribution < 1.29 is 8.60 Å². The van der Waals surface area contributed by atoms with Crippen molar-refractivity contribution in [3.63, 3.8) is 0 Å². The van der Waals surface area contributed by atoms with Gasteiger partial charge < -0.3 is 5.73 Å². The monoisotopic (exact) mass is 299 g/mol. The molecule has 0 aliphatic heterocycles. The number of halogens is 1. The Hall–Kier alpha value is -2.20. The summed E-state index contributed by atoms with van der Waals surface area (Å²) in [5.74, 6) is -0.360. The van der Waals surface area contributed by atoms with E-state index in [4.69, 9.17) is 5.73 Å². The summed E-state index contributed by atoms with van der Waals surface area (Å²) in [6.45, 7) is 0. The van der Waals surface area contributed by atoms with E-state index < -0.39 is 16.6 Å². The van der Waals surface area contributed by atoms with E-state index in [1.807, 2.05) is 42.5 Å². The first kappa shape index (κ1) is 13.8. The van der Waals surface area contributed by atoms with Crippen molar-refractivity contribution in [2.75, 3.05) is 5.73 Å². The van der Waals surface area contributed by atoms with Gasteiger partial charge >= 0.3 is 0 Å². The van der Waals surface area contributed by atoms with Crippen LogP contribution in [0.2, 0.25) is 0 Å². The van der Waals surface area contributed by atoms with Crippen LogP contribution in [0.1, 0.15) is 5.56 Å². The van der Waals surface area contributed by atoms with Crippen LogP contribution >= 0.6 is 0 Å². The van der Waals surface area contributed by atoms with Gasteiger partial charge in [-0.1, -0.05) is 42.5 Å². The molecule has 106 valence electrons. The Labute approximate surface area is 124 Å². The van der Waals surface area contributed by atoms with Crippen LogP contribution in [0.4, 0.5) is 10.1 Å². The standard InChI is InChI=1S/C17H14FNOS/c18-17-14(6-3-7-16(17)19)11-21(20)15-9-8-12-4-1-2-5-13(12)10-15/h1-10H,11,19H2. The van der Waals surface area contributed by atoms with Crippen LogP contribution in [0.15, 0.2) is 65.6 Å². The van der Waals surface area contributed by atoms with E-state index in [1.54, 1.807) is 12.1 Å². The first-order valence-electron chi connectivity index (χ1n) is 6.55. The average molecular weight is 299 g/mol. The van der Waals surface area contributed by atoms with Crippen molar-refractivity contribution in [1.82, 2.24) is 0 Å². The zero-order valence-corrected chi connectivity index (χ0v) is 12.1. The van der Waals surface area contributed by atoms with Crippen molar-refractivity contribution in [3.05, 3.63) is 72.0 Å². The average Bonchev–Trinajstić information content (AvgIpc) is 2.51. The minimum atomic E-state index is -1.30. The predicted molar refractivity (Wildman–Crippen MR) is 84.9 cm³/mol. The van der Waals surface area contributed by atoms with Gasteiger partial charge in [0, 0.05) is 10.5 Å². The molecule has 0 aliphatic carbocycles. The molecule has 1 unspecified atom stereocenters. The Balaban J connectivity index is 1.91. The van der Waals surface area contributed by atoms with E-state index in [9.17, 15) is 8.60 Å². The maximum atomic E-state index is 13.9. The van der Waals surface area contributed by atoms with E-state index in [0.717, 1.165) is 10.8 Å². The van der Waals surface area contributed by atoms with Gasteiger partial charge in [0.25, 0.3) is 0 Å². The Morgan fingerprint density at radius 2 is 1.71 bits per heavy atom. The molecule has 1 atom stereocenters. The molecule has 0 radical (unpaired) electrons. The second kappa shape index (κ2) is 5.66. The Kier molecular flexibility index (Phi) is 3.71. The van der Waals surface area contributed by atoms with Crippen molar-refractivity contribution in [2.24, 2.45) is 0 Å². The largest absolute Gasteiger partial charge is 0.396 e. The second-order valence-corrected chi connectivity index (χ2v) is 6.27. The van der Waals surface area contributed by atoms with Crippen LogP contribution in [0, 0.1) is 5.82 Å². The van der Waals surface area contributed by atoms with Crippen molar-refractivity contribution in [3.8, 4) is 0 Å². The number of hydrogen-bond donors (Lipinski definition) is 1. The predicted octanol–water partition coefficient (Wildman–Crippen LogP) is 3.87. The minimum Gasteiger partial charge on any atom is -0.396 e. The lowest BCUT2D eigenvalue weighted by Gasteiger charge is -2.07. The number of benzene rings is 3. The van der Waals surface area contributed by atoms with Crippen LogP contribution in [0.3, 0.4) is 0 Å². The second-order valence-electron chi connectivity index (χ2n) is 4.82. The molecular weight excluding hydrogens is 285 g/mol. The molecule has 2 N–H and O–H groups in total. The highest BCUT2D eigenvalue weighted by Gasteiger charge is 2.11. The molecule has 0 amide bonds. The Morgan fingerprint density at radius 1 is 0.952 bits per heavy atom. The summed E-state index contributed by atoms with van der Waals surface area (Å²) in [5, 5.41) is 2.12. The molecule has 21 heavy (non-hydrogen) atoms. The summed E-state index contributed by atoms with van der Waals surface area (Å²) in [7, 11) is -1.30. The molecule has 3 aromatic rings. The molecule has 3 aromatic carbocycles. The molecule has 0 aromatic heterocycles. The fourth-order valence-electron chi connectivity index (χ4n) is 2.24. The fourth-order valence-corrected chi connectivity index (χ4v) is 3.40. The summed E-state index contributed by atoms with van der Waals surface area (Å²) in [5.41, 5.74) is 6.00. The molecule has 3 rings (SSSR count). The van der Waals surface area contributed by atoms with Gasteiger partial charge in [-0.05, 0) is 29.0 Å². The molecular formula is C17H14FNOS. The quantitative estimate of drug-likeness (QED) is 0.746. The van der Waals surface area contributed by atoms with Gasteiger partial charge in [-0.3, -0.25) is 4.21 Å². The molecule has 0 saturated carbocycles. The van der Waals surface area contributed by atoms with Crippen LogP contribution in [-0.2, 0) is 16.6 Å². The van der Waals surface area contributed by atoms with Crippen LogP contribution in [0.25, 0.3) is 10.8 Å². The molecule has 2 nitrogen and oxygen atoms in total. The van der Waals surface area contributed by atoms with Gasteiger partial charge in [-0.15, -0.1) is 0 Å². The van der Waals surface area contributed by atoms with E-state index in [-0.39, 0.29) is 11.4 Å². The maximum absolute atomic E-state index is 13.9. The number of nitrogens with two attached hydrogens (primary N) is 1. The lowest BCUT2D eigenvalue weighted by atomic mass is 10.1. The number of hydrogen-bond acceptors (Lipinski definition) is 2. The smallest absolute Gasteiger partial charge is 0.150 e. The van der Waals surface area contributed by atoms with Crippen molar-refractivity contribution in [1.29, 1.82) is 0 Å². The summed E-state index contributed by atoms with van der Waals surface area (Å²) < 4.78 is 26.3. The highest BCUT2D eigenvalue weighted by molar-refractivity contribution is 7.84. The summed E-state index contributed by atoms with van der Waals surface area (Å²) in [6, 6.07) is 18.3. The number of rotatable bonds is 3. The van der Waals surface area contributed by atoms with Gasteiger partial charge in [0.2, 0.25) is 0 Å². The van der Waals surface area contributed by atoms with Gasteiger partial charge in [-0.25, -0.2) is 4.39 Å². The number of anilines is 1. The molecule has 0 bridgehead atoms. The number of nitrogen functional groups attached to an aromatic ring is 1. The Morgan fingerprint density at radius 3 is 2.52 bits per heavy atom. The zero-order valence-electron chi connectivity index (χ0n) is 11.3. The van der Waals surface area contributed by atoms with Crippen LogP contribution < -0.4 is 5.73 Å². The minimum absolute atomic E-state index is 0.0861. The molecule has 0 fully saturated rings. The fraction of sp³-hybridized carbons (Fsp3) is 0.0588. The third-order valence-electron chi connectivity index (χ3n) is 3.38. The summed E-state index contributed by atoms with van der Waals surface area (Å²) in [4.78, 5) is 0.690. The normalized spacial score (nSPS) is 12.4. The lowest BCUT2D eigenvalue weighted by Crippen LogP contribution is -2.01. The van der Waals surface area contributed by atoms with E-state index >= 15 is 0 Å². The Bertz CT molecular complexity index is 832. The van der Waals surface area contributed by atoms with E-state index in [1.165, 1.54) is 6.07 Å². The van der Waals surface area contributed by atoms with Gasteiger partial charge in [0.05, 0.1) is 22.2 Å². The maximum Gasteiger partial charge on any atom is 0.150 e. The van der Waals surface area contributed by atoms with Crippen LogP contribution in [-0.4, -0.2) is 4.21 Å². The highest BCUT2D eigenvalue weighted by Crippen LogP contribution is 2.22. The third-order valence-corrected chi connectivity index (χ3v) is 4.73. The molecule has 4 heteroatoms. The van der Waals surface area contributed by atoms with Gasteiger partial charge in [0.15, 0.2) is 0 Å². The van der Waals surface area contributed by atoms with Gasteiger partial charge in [0.1, 0.15) is 5.82 Å². The molecule has 0 aliphatic rings. The van der Waals surface area contributed by atoms with E-state index in [0.29, 0.717) is 10.5 Å². The molecule has 0 heterocycles. The van der Waals surface area contributed by atoms with Crippen molar-refractivity contribution >= 4 is 27.3 Å². The zero-order chi connectivity index (χ0) is 14.8. The summed E-state index contributed by atoms with van der Waals surface area (Å²) >= 11 is 0. The lowest BCUT2D eigenvalue weighted by molar-refractivity contribution is 0.620. The third kappa shape index (κ3) is 2.81. The van der Waals surface area contributed by atoms with Crippen LogP contribution in [0.5, 0.6) is 0 Å². The first-order valence-corrected chi connectivity index (χ1v) is 7.87.